The van der Waals surface area contributed by atoms with Gasteiger partial charge in [-0.3, -0.25) is 4.99 Å². The van der Waals surface area contributed by atoms with Crippen molar-refractivity contribution in [2.45, 2.75) is 13.3 Å². The molecule has 0 unspecified atom stereocenters. The first kappa shape index (κ1) is 7.92. The Kier molecular flexibility index (Phi) is 3.06. The third-order valence-corrected chi connectivity index (χ3v) is 2.58. The van der Waals surface area contributed by atoms with Gasteiger partial charge >= 0.3 is 0 Å². The van der Waals surface area contributed by atoms with Crippen molar-refractivity contribution < 1.29 is 0 Å². The minimum Gasteiger partial charge on any atom is -0.351 e. The highest BCUT2D eigenvalue weighted by atomic mass is 32.2. The Hall–Kier alpha value is -0.180. The van der Waals surface area contributed by atoms with E-state index >= 15 is 0 Å². The molecular formula is C7H14N2S. The molecule has 1 heterocycles. The smallest absolute Gasteiger partial charge is 0.158 e. The SMILES string of the molecule is CCSC(=NC)N1CCC1. The van der Waals surface area contributed by atoms with Crippen molar-refractivity contribution in [2.24, 2.45) is 4.99 Å². The monoisotopic (exact) mass is 158 g/mol. The van der Waals surface area contributed by atoms with Crippen LogP contribution in [0.15, 0.2) is 4.99 Å². The number of nitrogens with zero attached hydrogens (tertiary/aromatic N) is 2. The van der Waals surface area contributed by atoms with Crippen molar-refractivity contribution in [2.75, 3.05) is 25.9 Å². The minimum absolute atomic E-state index is 1.13. The lowest BCUT2D eigenvalue weighted by Crippen LogP contribution is -2.40. The van der Waals surface area contributed by atoms with Gasteiger partial charge in [-0.1, -0.05) is 18.7 Å². The molecule has 1 rings (SSSR count). The highest BCUT2D eigenvalue weighted by Crippen LogP contribution is 2.14. The van der Waals surface area contributed by atoms with Gasteiger partial charge in [0, 0.05) is 20.1 Å². The summed E-state index contributed by atoms with van der Waals surface area (Å²) in [7, 11) is 1.87. The predicted octanol–water partition coefficient (Wildman–Crippen LogP) is 1.43. The van der Waals surface area contributed by atoms with E-state index in [0.29, 0.717) is 0 Å². The maximum absolute atomic E-state index is 4.21. The molecule has 0 radical (unpaired) electrons. The molecule has 1 aliphatic rings. The number of rotatable bonds is 1. The van der Waals surface area contributed by atoms with Gasteiger partial charge in [-0.25, -0.2) is 0 Å². The second-order valence-corrected chi connectivity index (χ2v) is 3.51. The maximum Gasteiger partial charge on any atom is 0.158 e. The summed E-state index contributed by atoms with van der Waals surface area (Å²) in [6.45, 7) is 4.58. The molecule has 10 heavy (non-hydrogen) atoms. The lowest BCUT2D eigenvalue weighted by molar-refractivity contribution is 0.306. The Labute approximate surface area is 66.7 Å². The molecule has 0 aromatic carbocycles. The number of aliphatic imine (C=N–C) groups is 1. The molecule has 0 amide bonds. The number of likely N-dealkylation sites (tertiary alicyclic amines) is 1. The maximum atomic E-state index is 4.21. The highest BCUT2D eigenvalue weighted by molar-refractivity contribution is 8.13. The van der Waals surface area contributed by atoms with Gasteiger partial charge in [0.2, 0.25) is 0 Å². The van der Waals surface area contributed by atoms with Crippen molar-refractivity contribution in [3.05, 3.63) is 0 Å². The average Bonchev–Trinajstić information content (AvgIpc) is 1.83. The van der Waals surface area contributed by atoms with Gasteiger partial charge in [-0.15, -0.1) is 0 Å². The standard InChI is InChI=1S/C7H14N2S/c1-3-10-7(8-2)9-5-4-6-9/h3-6H2,1-2H3. The van der Waals surface area contributed by atoms with Crippen LogP contribution in [-0.4, -0.2) is 36.0 Å². The summed E-state index contributed by atoms with van der Waals surface area (Å²) >= 11 is 1.84. The summed E-state index contributed by atoms with van der Waals surface area (Å²) in [5.41, 5.74) is 0. The molecule has 0 spiro atoms. The van der Waals surface area contributed by atoms with Crippen LogP contribution in [0.3, 0.4) is 0 Å². The van der Waals surface area contributed by atoms with Crippen molar-refractivity contribution >= 4 is 16.9 Å². The molecule has 0 aromatic heterocycles. The molecule has 2 nitrogen and oxygen atoms in total. The van der Waals surface area contributed by atoms with Crippen LogP contribution >= 0.6 is 11.8 Å². The number of hydrogen-bond donors (Lipinski definition) is 0. The quantitative estimate of drug-likeness (QED) is 0.424. The fourth-order valence-electron chi connectivity index (χ4n) is 0.934. The van der Waals surface area contributed by atoms with Crippen molar-refractivity contribution in [1.29, 1.82) is 0 Å². The molecule has 58 valence electrons. The van der Waals surface area contributed by atoms with Gasteiger partial charge < -0.3 is 4.90 Å². The van der Waals surface area contributed by atoms with Crippen LogP contribution in [0.1, 0.15) is 13.3 Å². The van der Waals surface area contributed by atoms with Crippen molar-refractivity contribution in [3.63, 3.8) is 0 Å². The first-order valence-electron chi connectivity index (χ1n) is 3.73. The van der Waals surface area contributed by atoms with Crippen molar-refractivity contribution in [3.8, 4) is 0 Å². The van der Waals surface area contributed by atoms with Crippen molar-refractivity contribution in [1.82, 2.24) is 4.90 Å². The van der Waals surface area contributed by atoms with Gasteiger partial charge in [-0.2, -0.15) is 0 Å². The predicted molar refractivity (Wildman–Crippen MR) is 47.7 cm³/mol. The Morgan fingerprint density at radius 2 is 2.30 bits per heavy atom. The molecule has 0 aliphatic carbocycles. The van der Waals surface area contributed by atoms with E-state index in [1.54, 1.807) is 0 Å². The molecule has 1 fully saturated rings. The van der Waals surface area contributed by atoms with Gasteiger partial charge in [0.05, 0.1) is 0 Å². The summed E-state index contributed by atoms with van der Waals surface area (Å²) < 4.78 is 0. The zero-order chi connectivity index (χ0) is 7.40. The lowest BCUT2D eigenvalue weighted by Gasteiger charge is -2.33. The normalized spacial score (nSPS) is 19.0. The van der Waals surface area contributed by atoms with E-state index in [-0.39, 0.29) is 0 Å². The van der Waals surface area contributed by atoms with E-state index in [1.807, 2.05) is 18.8 Å². The zero-order valence-electron chi connectivity index (χ0n) is 6.63. The summed E-state index contributed by atoms with van der Waals surface area (Å²) in [4.78, 5) is 6.53. The van der Waals surface area contributed by atoms with E-state index in [9.17, 15) is 0 Å². The first-order valence-corrected chi connectivity index (χ1v) is 4.71. The zero-order valence-corrected chi connectivity index (χ0v) is 7.45. The first-order chi connectivity index (χ1) is 4.88. The summed E-state index contributed by atoms with van der Waals surface area (Å²) in [6.07, 6.45) is 1.34. The molecule has 3 heteroatoms. The van der Waals surface area contributed by atoms with Crippen LogP contribution in [0.4, 0.5) is 0 Å². The molecule has 1 aliphatic heterocycles. The Morgan fingerprint density at radius 1 is 1.60 bits per heavy atom. The van der Waals surface area contributed by atoms with E-state index in [4.69, 9.17) is 0 Å². The largest absolute Gasteiger partial charge is 0.351 e. The van der Waals surface area contributed by atoms with Gasteiger partial charge in [0.15, 0.2) is 5.17 Å². The Bertz CT molecular complexity index is 130. The molecule has 0 bridgehead atoms. The summed E-state index contributed by atoms with van der Waals surface area (Å²) in [5.74, 6) is 1.13. The number of amidine groups is 1. The second-order valence-electron chi connectivity index (χ2n) is 2.28. The Balaban J connectivity index is 2.32. The van der Waals surface area contributed by atoms with Crippen LogP contribution in [0, 0.1) is 0 Å². The van der Waals surface area contributed by atoms with Gasteiger partial charge in [0.25, 0.3) is 0 Å². The van der Waals surface area contributed by atoms with E-state index in [0.717, 1.165) is 5.75 Å². The van der Waals surface area contributed by atoms with Crippen LogP contribution in [-0.2, 0) is 0 Å². The Morgan fingerprint density at radius 3 is 2.60 bits per heavy atom. The van der Waals surface area contributed by atoms with E-state index in [2.05, 4.69) is 16.8 Å². The highest BCUT2D eigenvalue weighted by Gasteiger charge is 2.16. The lowest BCUT2D eigenvalue weighted by atomic mass is 10.2. The van der Waals surface area contributed by atoms with E-state index in [1.165, 1.54) is 24.7 Å². The van der Waals surface area contributed by atoms with Crippen LogP contribution in [0.2, 0.25) is 0 Å². The molecule has 0 aromatic rings. The fourth-order valence-corrected chi connectivity index (χ4v) is 1.69. The molecular weight excluding hydrogens is 144 g/mol. The van der Waals surface area contributed by atoms with Crippen LogP contribution in [0.25, 0.3) is 0 Å². The third-order valence-electron chi connectivity index (χ3n) is 1.59. The molecule has 1 saturated heterocycles. The third kappa shape index (κ3) is 1.66. The van der Waals surface area contributed by atoms with Crippen LogP contribution < -0.4 is 0 Å². The minimum atomic E-state index is 1.13. The second kappa shape index (κ2) is 3.86. The van der Waals surface area contributed by atoms with Gasteiger partial charge in [0.1, 0.15) is 0 Å². The summed E-state index contributed by atoms with van der Waals surface area (Å²) in [5, 5.41) is 1.22. The van der Waals surface area contributed by atoms with Crippen LogP contribution in [0.5, 0.6) is 0 Å². The average molecular weight is 158 g/mol. The summed E-state index contributed by atoms with van der Waals surface area (Å²) in [6, 6.07) is 0. The molecule has 0 atom stereocenters. The number of thioether (sulfide) groups is 1. The fraction of sp³-hybridized carbons (Fsp3) is 0.857. The number of hydrogen-bond acceptors (Lipinski definition) is 2. The molecule has 0 saturated carbocycles. The van der Waals surface area contributed by atoms with E-state index < -0.39 is 0 Å². The molecule has 0 N–H and O–H groups in total. The van der Waals surface area contributed by atoms with Gasteiger partial charge in [-0.05, 0) is 12.2 Å². The topological polar surface area (TPSA) is 15.6 Å².